The molecule has 174 valence electrons. The van der Waals surface area contributed by atoms with E-state index >= 15 is 0 Å². The van der Waals surface area contributed by atoms with Crippen LogP contribution in [0.5, 0.6) is 0 Å². The van der Waals surface area contributed by atoms with Crippen LogP contribution in [0.1, 0.15) is 39.5 Å². The summed E-state index contributed by atoms with van der Waals surface area (Å²) in [5.41, 5.74) is 7.63. The fourth-order valence-corrected chi connectivity index (χ4v) is 4.57. The van der Waals surface area contributed by atoms with Crippen LogP contribution in [0, 0.1) is 27.0 Å². The average Bonchev–Trinajstić information content (AvgIpc) is 2.85. The minimum absolute atomic E-state index is 0.595. The largest absolute Gasteiger partial charge is 0.384 e. The van der Waals surface area contributed by atoms with E-state index in [1.165, 1.54) is 16.7 Å². The number of rotatable bonds is 4. The van der Waals surface area contributed by atoms with Gasteiger partial charge in [-0.3, -0.25) is 0 Å². The zero-order chi connectivity index (χ0) is 25.4. The third kappa shape index (κ3) is 7.38. The monoisotopic (exact) mass is 586 g/mol. The lowest BCUT2D eigenvalue weighted by Crippen LogP contribution is -2.01. The molecule has 0 aromatic heterocycles. The minimum Gasteiger partial charge on any atom is -0.384 e. The van der Waals surface area contributed by atoms with Crippen LogP contribution >= 0.6 is 31.9 Å². The van der Waals surface area contributed by atoms with E-state index in [0.29, 0.717) is 11.4 Å². The standard InChI is InChI=1S/C15H12BrNO.C15H12BrN/c1-10-8-13(17-2)6-7-14(10)15(18)11-4-3-5-12(16)9-11;1-11-8-15(17-2)7-6-13(11)9-12-4-3-5-14(16)10-12/h3-9,15,18H,1H3;3-8,10H,9H2,1H3. The highest BCUT2D eigenvalue weighted by molar-refractivity contribution is 9.10. The highest BCUT2D eigenvalue weighted by atomic mass is 79.9. The number of hydrogen-bond acceptors (Lipinski definition) is 1. The molecule has 1 atom stereocenters. The van der Waals surface area contributed by atoms with E-state index in [2.05, 4.69) is 60.6 Å². The van der Waals surface area contributed by atoms with E-state index in [9.17, 15) is 5.11 Å². The van der Waals surface area contributed by atoms with Gasteiger partial charge in [0.2, 0.25) is 0 Å². The number of aliphatic hydroxyl groups excluding tert-OH is 1. The van der Waals surface area contributed by atoms with Crippen molar-refractivity contribution in [2.24, 2.45) is 0 Å². The maximum Gasteiger partial charge on any atom is 0.187 e. The molecule has 0 saturated heterocycles. The van der Waals surface area contributed by atoms with Crippen molar-refractivity contribution in [3.63, 3.8) is 0 Å². The number of halogens is 2. The Bertz CT molecular complexity index is 1420. The fraction of sp³-hybridized carbons (Fsp3) is 0.133. The van der Waals surface area contributed by atoms with Crippen molar-refractivity contribution in [1.82, 2.24) is 0 Å². The van der Waals surface area contributed by atoms with Crippen LogP contribution in [-0.2, 0) is 6.42 Å². The Labute approximate surface area is 224 Å². The maximum atomic E-state index is 10.4. The van der Waals surface area contributed by atoms with Gasteiger partial charge in [0.05, 0.1) is 13.1 Å². The zero-order valence-electron chi connectivity index (χ0n) is 19.5. The van der Waals surface area contributed by atoms with Gasteiger partial charge in [-0.1, -0.05) is 104 Å². The first-order valence-electron chi connectivity index (χ1n) is 10.9. The molecule has 35 heavy (non-hydrogen) atoms. The summed E-state index contributed by atoms with van der Waals surface area (Å²) in [6.45, 7) is 17.9. The SMILES string of the molecule is [C-]#[N+]c1ccc(C(O)c2cccc(Br)c2)c(C)c1.[C-]#[N+]c1ccc(Cc2cccc(Br)c2)c(C)c1. The Morgan fingerprint density at radius 1 is 0.743 bits per heavy atom. The van der Waals surface area contributed by atoms with Crippen molar-refractivity contribution in [3.8, 4) is 0 Å². The van der Waals surface area contributed by atoms with E-state index in [4.69, 9.17) is 13.1 Å². The topological polar surface area (TPSA) is 28.9 Å². The molecule has 5 heteroatoms. The van der Waals surface area contributed by atoms with Crippen LogP contribution < -0.4 is 0 Å². The number of aliphatic hydroxyl groups is 1. The van der Waals surface area contributed by atoms with Crippen molar-refractivity contribution < 1.29 is 5.11 Å². The predicted molar refractivity (Wildman–Crippen MR) is 150 cm³/mol. The second kappa shape index (κ2) is 12.5. The average molecular weight is 588 g/mol. The molecule has 0 heterocycles. The first-order chi connectivity index (χ1) is 16.8. The third-order valence-corrected chi connectivity index (χ3v) is 6.57. The molecule has 0 saturated carbocycles. The summed E-state index contributed by atoms with van der Waals surface area (Å²) in [4.78, 5) is 6.82. The lowest BCUT2D eigenvalue weighted by molar-refractivity contribution is 0.219. The lowest BCUT2D eigenvalue weighted by Gasteiger charge is -2.14. The Kier molecular flexibility index (Phi) is 9.40. The molecule has 0 aliphatic heterocycles. The van der Waals surface area contributed by atoms with Gasteiger partial charge in [0.25, 0.3) is 0 Å². The summed E-state index contributed by atoms with van der Waals surface area (Å²) < 4.78 is 2.04. The molecule has 4 aromatic rings. The maximum absolute atomic E-state index is 10.4. The summed E-state index contributed by atoms with van der Waals surface area (Å²) in [7, 11) is 0. The van der Waals surface area contributed by atoms with Crippen LogP contribution in [0.15, 0.2) is 93.9 Å². The molecular formula is C30H24Br2N2O. The van der Waals surface area contributed by atoms with Gasteiger partial charge in [-0.05, 0) is 66.8 Å². The van der Waals surface area contributed by atoms with Crippen molar-refractivity contribution in [2.45, 2.75) is 26.4 Å². The molecule has 0 spiro atoms. The first kappa shape index (κ1) is 26.4. The van der Waals surface area contributed by atoms with Crippen LogP contribution in [0.4, 0.5) is 11.4 Å². The van der Waals surface area contributed by atoms with E-state index in [0.717, 1.165) is 32.1 Å². The van der Waals surface area contributed by atoms with Gasteiger partial charge in [0.1, 0.15) is 6.10 Å². The van der Waals surface area contributed by atoms with E-state index in [-0.39, 0.29) is 0 Å². The van der Waals surface area contributed by atoms with Crippen molar-refractivity contribution in [2.75, 3.05) is 0 Å². The van der Waals surface area contributed by atoms with Crippen LogP contribution in [0.25, 0.3) is 9.69 Å². The van der Waals surface area contributed by atoms with Crippen molar-refractivity contribution >= 4 is 43.2 Å². The van der Waals surface area contributed by atoms with Gasteiger partial charge in [-0.2, -0.15) is 0 Å². The Hall–Kier alpha value is -3.22. The van der Waals surface area contributed by atoms with E-state index in [1.807, 2.05) is 67.6 Å². The van der Waals surface area contributed by atoms with Crippen molar-refractivity contribution in [1.29, 1.82) is 0 Å². The summed E-state index contributed by atoms with van der Waals surface area (Å²) in [5.74, 6) is 0. The predicted octanol–water partition coefficient (Wildman–Crippen LogP) is 9.29. The normalized spacial score (nSPS) is 10.9. The number of benzene rings is 4. The molecule has 0 bridgehead atoms. The molecule has 1 N–H and O–H groups in total. The number of aryl methyl sites for hydroxylation is 2. The first-order valence-corrected chi connectivity index (χ1v) is 12.5. The van der Waals surface area contributed by atoms with Crippen molar-refractivity contribution in [3.05, 3.63) is 150 Å². The smallest absolute Gasteiger partial charge is 0.187 e. The summed E-state index contributed by atoms with van der Waals surface area (Å²) >= 11 is 6.87. The van der Waals surface area contributed by atoms with Gasteiger partial charge in [-0.15, -0.1) is 0 Å². The molecule has 3 nitrogen and oxygen atoms in total. The molecule has 0 aliphatic rings. The van der Waals surface area contributed by atoms with Crippen LogP contribution in [-0.4, -0.2) is 5.11 Å². The van der Waals surface area contributed by atoms with E-state index in [1.54, 1.807) is 12.1 Å². The van der Waals surface area contributed by atoms with Gasteiger partial charge in [0.15, 0.2) is 11.4 Å². The molecule has 4 rings (SSSR count). The number of hydrogen-bond donors (Lipinski definition) is 1. The lowest BCUT2D eigenvalue weighted by atomic mass is 9.97. The third-order valence-electron chi connectivity index (χ3n) is 5.58. The molecule has 0 amide bonds. The van der Waals surface area contributed by atoms with E-state index < -0.39 is 6.10 Å². The Balaban J connectivity index is 0.000000196. The molecule has 0 radical (unpaired) electrons. The second-order valence-corrected chi connectivity index (χ2v) is 9.97. The van der Waals surface area contributed by atoms with Gasteiger partial charge in [-0.25, -0.2) is 9.69 Å². The van der Waals surface area contributed by atoms with Gasteiger partial charge in [0, 0.05) is 8.95 Å². The highest BCUT2D eigenvalue weighted by Gasteiger charge is 2.13. The zero-order valence-corrected chi connectivity index (χ0v) is 22.6. The fourth-order valence-electron chi connectivity index (χ4n) is 3.71. The van der Waals surface area contributed by atoms with Gasteiger partial charge < -0.3 is 5.11 Å². The molecule has 0 fully saturated rings. The summed E-state index contributed by atoms with van der Waals surface area (Å²) in [6, 6.07) is 27.1. The molecule has 1 unspecified atom stereocenters. The Morgan fingerprint density at radius 3 is 1.91 bits per heavy atom. The minimum atomic E-state index is -0.665. The highest BCUT2D eigenvalue weighted by Crippen LogP contribution is 2.29. The quantitative estimate of drug-likeness (QED) is 0.237. The van der Waals surface area contributed by atoms with Crippen LogP contribution in [0.2, 0.25) is 0 Å². The van der Waals surface area contributed by atoms with Crippen LogP contribution in [0.3, 0.4) is 0 Å². The molecule has 0 aliphatic carbocycles. The van der Waals surface area contributed by atoms with Gasteiger partial charge >= 0.3 is 0 Å². The number of nitrogens with zero attached hydrogens (tertiary/aromatic N) is 2. The molecular weight excluding hydrogens is 564 g/mol. The summed E-state index contributed by atoms with van der Waals surface area (Å²) in [5, 5.41) is 10.4. The summed E-state index contributed by atoms with van der Waals surface area (Å²) in [6.07, 6.45) is 0.242. The molecule has 4 aromatic carbocycles. The Morgan fingerprint density at radius 2 is 1.34 bits per heavy atom. The second-order valence-electron chi connectivity index (χ2n) is 8.14.